The number of nitrogens with one attached hydrogen (secondary N) is 1. The van der Waals surface area contributed by atoms with Gasteiger partial charge < -0.3 is 21.6 Å². The van der Waals surface area contributed by atoms with Gasteiger partial charge in [0.2, 0.25) is 0 Å². The van der Waals surface area contributed by atoms with E-state index in [1.54, 1.807) is 0 Å². The van der Waals surface area contributed by atoms with Gasteiger partial charge in [0.1, 0.15) is 17.7 Å². The number of fused-ring (bicyclic) bond motifs is 1. The summed E-state index contributed by atoms with van der Waals surface area (Å²) in [6.07, 6.45) is 1.78. The summed E-state index contributed by atoms with van der Waals surface area (Å²) in [4.78, 5) is 14.9. The first kappa shape index (κ1) is 9.81. The van der Waals surface area contributed by atoms with E-state index in [0.717, 1.165) is 0 Å². The van der Waals surface area contributed by atoms with E-state index in [1.807, 2.05) is 0 Å². The highest BCUT2D eigenvalue weighted by molar-refractivity contribution is 5.81. The number of nitrogens with zero attached hydrogens (tertiary/aromatic N) is 3. The monoisotopic (exact) mass is 208 g/mol. The van der Waals surface area contributed by atoms with Gasteiger partial charge in [-0.15, -0.1) is 0 Å². The third kappa shape index (κ3) is 1.74. The lowest BCUT2D eigenvalue weighted by Gasteiger charge is -2.04. The largest absolute Gasteiger partial charge is 0.396 e. The molecule has 0 radical (unpaired) electrons. The van der Waals surface area contributed by atoms with Crippen molar-refractivity contribution in [1.82, 2.24) is 19.9 Å². The molecule has 7 nitrogen and oxygen atoms in total. The molecule has 2 rings (SSSR count). The fourth-order valence-corrected chi connectivity index (χ4v) is 1.32. The molecule has 0 spiro atoms. The third-order valence-electron chi connectivity index (χ3n) is 2.13. The number of rotatable bonds is 3. The maximum Gasteiger partial charge on any atom is 0.183 e. The second kappa shape index (κ2) is 3.79. The number of aromatic amines is 1. The molecule has 0 aromatic carbocycles. The second-order valence-corrected chi connectivity index (χ2v) is 3.20. The third-order valence-corrected chi connectivity index (χ3v) is 2.13. The number of hydrogen-bond acceptors (Lipinski definition) is 6. The van der Waals surface area contributed by atoms with Crippen LogP contribution >= 0.6 is 0 Å². The normalized spacial score (nSPS) is 13.2. The molecule has 0 amide bonds. The Morgan fingerprint density at radius 2 is 2.27 bits per heavy atom. The van der Waals surface area contributed by atoms with Gasteiger partial charge in [-0.1, -0.05) is 0 Å². The van der Waals surface area contributed by atoms with Gasteiger partial charge in [-0.2, -0.15) is 0 Å². The maximum absolute atomic E-state index is 8.75. The summed E-state index contributed by atoms with van der Waals surface area (Å²) in [5.41, 5.74) is 12.5. The topological polar surface area (TPSA) is 127 Å². The van der Waals surface area contributed by atoms with Crippen LogP contribution in [0.1, 0.15) is 18.3 Å². The van der Waals surface area contributed by atoms with Crippen molar-refractivity contribution in [2.75, 3.05) is 12.3 Å². The Morgan fingerprint density at radius 1 is 1.47 bits per heavy atom. The average molecular weight is 208 g/mol. The maximum atomic E-state index is 8.75. The summed E-state index contributed by atoms with van der Waals surface area (Å²) < 4.78 is 0. The fourth-order valence-electron chi connectivity index (χ4n) is 1.32. The molecule has 6 N–H and O–H groups in total. The van der Waals surface area contributed by atoms with Crippen LogP contribution in [0.5, 0.6) is 0 Å². The molecule has 1 atom stereocenters. The van der Waals surface area contributed by atoms with Crippen LogP contribution in [0.3, 0.4) is 0 Å². The summed E-state index contributed by atoms with van der Waals surface area (Å²) >= 11 is 0. The van der Waals surface area contributed by atoms with Gasteiger partial charge in [0.25, 0.3) is 0 Å². The van der Waals surface area contributed by atoms with E-state index >= 15 is 0 Å². The predicted molar refractivity (Wildman–Crippen MR) is 54.7 cm³/mol. The summed E-state index contributed by atoms with van der Waals surface area (Å²) in [5.74, 6) is 0.904. The molecule has 0 saturated heterocycles. The van der Waals surface area contributed by atoms with Crippen molar-refractivity contribution >= 4 is 17.0 Å². The number of aromatic nitrogens is 4. The molecular weight excluding hydrogens is 196 g/mol. The first-order chi connectivity index (χ1) is 7.22. The van der Waals surface area contributed by atoms with Crippen LogP contribution in [0.4, 0.5) is 5.82 Å². The standard InChI is InChI=1S/C8H12N6O/c9-4(1-2-15)7-13-5-6(10)11-3-12-8(5)14-7/h3-4,15H,1-2,9H2,(H3,10,11,12,13,14). The summed E-state index contributed by atoms with van der Waals surface area (Å²) in [5, 5.41) is 8.75. The smallest absolute Gasteiger partial charge is 0.183 e. The number of anilines is 1. The van der Waals surface area contributed by atoms with Gasteiger partial charge in [0, 0.05) is 6.61 Å². The minimum absolute atomic E-state index is 0.0133. The summed E-state index contributed by atoms with van der Waals surface area (Å²) in [6.45, 7) is 0.0133. The Morgan fingerprint density at radius 3 is 2.93 bits per heavy atom. The SMILES string of the molecule is Nc1ncnc2nc(C(N)CCO)[nH]c12. The Hall–Kier alpha value is -1.73. The molecule has 2 aromatic heterocycles. The first-order valence-corrected chi connectivity index (χ1v) is 4.55. The van der Waals surface area contributed by atoms with Gasteiger partial charge >= 0.3 is 0 Å². The van der Waals surface area contributed by atoms with Crippen molar-refractivity contribution in [3.63, 3.8) is 0 Å². The van der Waals surface area contributed by atoms with Gasteiger partial charge in [-0.3, -0.25) is 0 Å². The van der Waals surface area contributed by atoms with E-state index in [9.17, 15) is 0 Å². The van der Waals surface area contributed by atoms with Crippen molar-refractivity contribution in [2.45, 2.75) is 12.5 Å². The zero-order valence-corrected chi connectivity index (χ0v) is 8.01. The van der Waals surface area contributed by atoms with Crippen LogP contribution in [0.25, 0.3) is 11.2 Å². The molecule has 2 aromatic rings. The zero-order chi connectivity index (χ0) is 10.8. The Kier molecular flexibility index (Phi) is 2.48. The second-order valence-electron chi connectivity index (χ2n) is 3.20. The van der Waals surface area contributed by atoms with Crippen LogP contribution in [0.2, 0.25) is 0 Å². The van der Waals surface area contributed by atoms with Crippen molar-refractivity contribution in [1.29, 1.82) is 0 Å². The average Bonchev–Trinajstić information content (AvgIpc) is 2.63. The molecule has 0 aliphatic heterocycles. The molecule has 0 bridgehead atoms. The van der Waals surface area contributed by atoms with Crippen LogP contribution in [-0.2, 0) is 0 Å². The molecule has 1 unspecified atom stereocenters. The molecule has 15 heavy (non-hydrogen) atoms. The highest BCUT2D eigenvalue weighted by atomic mass is 16.3. The summed E-state index contributed by atoms with van der Waals surface area (Å²) in [6, 6.07) is -0.344. The number of imidazole rings is 1. The van der Waals surface area contributed by atoms with E-state index in [2.05, 4.69) is 19.9 Å². The minimum Gasteiger partial charge on any atom is -0.396 e. The van der Waals surface area contributed by atoms with E-state index in [0.29, 0.717) is 29.2 Å². The molecule has 0 aliphatic rings. The van der Waals surface area contributed by atoms with Crippen LogP contribution < -0.4 is 11.5 Å². The lowest BCUT2D eigenvalue weighted by Crippen LogP contribution is -2.13. The molecular formula is C8H12N6O. The minimum atomic E-state index is -0.344. The Bertz CT molecular complexity index is 467. The number of H-pyrrole nitrogens is 1. The van der Waals surface area contributed by atoms with Gasteiger partial charge in [0.15, 0.2) is 11.5 Å². The molecule has 0 fully saturated rings. The van der Waals surface area contributed by atoms with Crippen LogP contribution in [-0.4, -0.2) is 31.6 Å². The number of aliphatic hydroxyl groups is 1. The fraction of sp³-hybridized carbons (Fsp3) is 0.375. The van der Waals surface area contributed by atoms with Crippen LogP contribution in [0, 0.1) is 0 Å². The quantitative estimate of drug-likeness (QED) is 0.529. The number of nitrogen functional groups attached to an aromatic ring is 1. The van der Waals surface area contributed by atoms with E-state index in [1.165, 1.54) is 6.33 Å². The first-order valence-electron chi connectivity index (χ1n) is 4.55. The van der Waals surface area contributed by atoms with Gasteiger partial charge in [0.05, 0.1) is 6.04 Å². The number of hydrogen-bond donors (Lipinski definition) is 4. The van der Waals surface area contributed by atoms with E-state index in [-0.39, 0.29) is 12.6 Å². The zero-order valence-electron chi connectivity index (χ0n) is 8.01. The van der Waals surface area contributed by atoms with Crippen molar-refractivity contribution in [3.05, 3.63) is 12.2 Å². The van der Waals surface area contributed by atoms with E-state index in [4.69, 9.17) is 16.6 Å². The van der Waals surface area contributed by atoms with Crippen molar-refractivity contribution in [3.8, 4) is 0 Å². The highest BCUT2D eigenvalue weighted by Gasteiger charge is 2.12. The number of nitrogens with two attached hydrogens (primary N) is 2. The van der Waals surface area contributed by atoms with Crippen LogP contribution in [0.15, 0.2) is 6.33 Å². The summed E-state index contributed by atoms with van der Waals surface area (Å²) in [7, 11) is 0. The molecule has 2 heterocycles. The lowest BCUT2D eigenvalue weighted by molar-refractivity contribution is 0.275. The Labute approximate surface area is 85.6 Å². The highest BCUT2D eigenvalue weighted by Crippen LogP contribution is 2.17. The van der Waals surface area contributed by atoms with Crippen molar-refractivity contribution in [2.24, 2.45) is 5.73 Å². The Balaban J connectivity index is 2.43. The predicted octanol–water partition coefficient (Wildman–Crippen LogP) is -0.683. The molecule has 0 aliphatic carbocycles. The van der Waals surface area contributed by atoms with Crippen molar-refractivity contribution < 1.29 is 5.11 Å². The molecule has 7 heteroatoms. The van der Waals surface area contributed by atoms with Gasteiger partial charge in [-0.05, 0) is 6.42 Å². The number of aliphatic hydroxyl groups excluding tert-OH is 1. The van der Waals surface area contributed by atoms with E-state index < -0.39 is 0 Å². The van der Waals surface area contributed by atoms with Gasteiger partial charge in [-0.25, -0.2) is 15.0 Å². The molecule has 80 valence electrons. The molecule has 0 saturated carbocycles. The lowest BCUT2D eigenvalue weighted by atomic mass is 10.2.